The first-order valence-electron chi connectivity index (χ1n) is 5.01. The summed E-state index contributed by atoms with van der Waals surface area (Å²) in [5.74, 6) is -0.574. The zero-order chi connectivity index (χ0) is 12.6. The van der Waals surface area contributed by atoms with Crippen molar-refractivity contribution in [1.82, 2.24) is 9.78 Å². The molecule has 2 aromatic rings. The van der Waals surface area contributed by atoms with Gasteiger partial charge in [-0.25, -0.2) is 4.39 Å². The average Bonchev–Trinajstić information content (AvgIpc) is 2.28. The number of hydrogen-bond donors (Lipinski definition) is 0. The van der Waals surface area contributed by atoms with Crippen LogP contribution in [0.1, 0.15) is 11.1 Å². The fraction of sp³-hybridized carbons (Fsp3) is 0.167. The first kappa shape index (κ1) is 11.8. The Balaban J connectivity index is 2.70. The standard InChI is InChI=1S/C12H10ClFN2O/c1-7-6-15-16(12(17)8(7)2)11-4-3-9(13)5-10(11)14/h3-6H,1-2H3. The lowest BCUT2D eigenvalue weighted by molar-refractivity contribution is 0.604. The predicted octanol–water partition coefficient (Wildman–Crippen LogP) is 2.64. The second-order valence-corrected chi connectivity index (χ2v) is 4.20. The van der Waals surface area contributed by atoms with E-state index in [1.165, 1.54) is 18.3 Å². The summed E-state index contributed by atoms with van der Waals surface area (Å²) < 4.78 is 14.7. The van der Waals surface area contributed by atoms with Gasteiger partial charge in [-0.1, -0.05) is 11.6 Å². The Hall–Kier alpha value is -1.68. The van der Waals surface area contributed by atoms with Crippen molar-refractivity contribution in [1.29, 1.82) is 0 Å². The minimum absolute atomic E-state index is 0.0995. The lowest BCUT2D eigenvalue weighted by Crippen LogP contribution is -2.24. The van der Waals surface area contributed by atoms with E-state index < -0.39 is 5.82 Å². The molecule has 1 aromatic heterocycles. The lowest BCUT2D eigenvalue weighted by atomic mass is 10.2. The van der Waals surface area contributed by atoms with Crippen molar-refractivity contribution in [3.8, 4) is 5.69 Å². The molecule has 0 bridgehead atoms. The van der Waals surface area contributed by atoms with Crippen molar-refractivity contribution < 1.29 is 4.39 Å². The van der Waals surface area contributed by atoms with Crippen LogP contribution in [-0.4, -0.2) is 9.78 Å². The summed E-state index contributed by atoms with van der Waals surface area (Å²) in [7, 11) is 0. The highest BCUT2D eigenvalue weighted by molar-refractivity contribution is 6.30. The second kappa shape index (κ2) is 4.30. The molecule has 0 spiro atoms. The van der Waals surface area contributed by atoms with E-state index in [1.54, 1.807) is 13.8 Å². The Labute approximate surface area is 102 Å². The molecule has 17 heavy (non-hydrogen) atoms. The number of rotatable bonds is 1. The molecule has 88 valence electrons. The van der Waals surface area contributed by atoms with Gasteiger partial charge in [-0.15, -0.1) is 0 Å². The van der Waals surface area contributed by atoms with E-state index in [0.717, 1.165) is 16.3 Å². The highest BCUT2D eigenvalue weighted by Gasteiger charge is 2.10. The van der Waals surface area contributed by atoms with Crippen LogP contribution in [0.4, 0.5) is 4.39 Å². The molecule has 5 heteroatoms. The minimum atomic E-state index is -0.574. The predicted molar refractivity (Wildman–Crippen MR) is 64.3 cm³/mol. The smallest absolute Gasteiger partial charge is 0.267 e. The van der Waals surface area contributed by atoms with Gasteiger partial charge in [-0.3, -0.25) is 4.79 Å². The molecule has 2 rings (SSSR count). The van der Waals surface area contributed by atoms with E-state index in [2.05, 4.69) is 5.10 Å². The third kappa shape index (κ3) is 2.08. The summed E-state index contributed by atoms with van der Waals surface area (Å²) in [6.07, 6.45) is 1.53. The highest BCUT2D eigenvalue weighted by Crippen LogP contribution is 2.16. The van der Waals surface area contributed by atoms with Crippen molar-refractivity contribution in [2.24, 2.45) is 0 Å². The Bertz CT molecular complexity index is 637. The third-order valence-electron chi connectivity index (χ3n) is 2.61. The van der Waals surface area contributed by atoms with Gasteiger partial charge in [0.1, 0.15) is 11.5 Å². The SMILES string of the molecule is Cc1cnn(-c2ccc(Cl)cc2F)c(=O)c1C. The van der Waals surface area contributed by atoms with Crippen LogP contribution in [0.3, 0.4) is 0 Å². The normalized spacial score (nSPS) is 10.6. The number of halogens is 2. The van der Waals surface area contributed by atoms with Crippen molar-refractivity contribution in [3.05, 3.63) is 56.7 Å². The summed E-state index contributed by atoms with van der Waals surface area (Å²) in [6, 6.07) is 4.10. The molecule has 0 radical (unpaired) electrons. The van der Waals surface area contributed by atoms with E-state index in [0.29, 0.717) is 5.56 Å². The van der Waals surface area contributed by atoms with Crippen LogP contribution >= 0.6 is 11.6 Å². The van der Waals surface area contributed by atoms with Gasteiger partial charge in [0.2, 0.25) is 0 Å². The molecular weight excluding hydrogens is 243 g/mol. The quantitative estimate of drug-likeness (QED) is 0.782. The molecule has 0 aliphatic heterocycles. The molecular formula is C12H10ClFN2O. The van der Waals surface area contributed by atoms with Crippen LogP contribution in [-0.2, 0) is 0 Å². The van der Waals surface area contributed by atoms with Gasteiger partial charge < -0.3 is 0 Å². The van der Waals surface area contributed by atoms with E-state index in [4.69, 9.17) is 11.6 Å². The van der Waals surface area contributed by atoms with Crippen LogP contribution in [0.2, 0.25) is 5.02 Å². The van der Waals surface area contributed by atoms with Gasteiger partial charge >= 0.3 is 0 Å². The Kier molecular flexibility index (Phi) is 2.98. The maximum absolute atomic E-state index is 13.7. The van der Waals surface area contributed by atoms with E-state index in [1.807, 2.05) is 0 Å². The van der Waals surface area contributed by atoms with E-state index in [9.17, 15) is 9.18 Å². The maximum atomic E-state index is 13.7. The van der Waals surface area contributed by atoms with Crippen LogP contribution in [0.5, 0.6) is 0 Å². The monoisotopic (exact) mass is 252 g/mol. The molecule has 0 atom stereocenters. The fourth-order valence-electron chi connectivity index (χ4n) is 1.45. The number of nitrogens with zero attached hydrogens (tertiary/aromatic N) is 2. The Morgan fingerprint density at radius 3 is 2.71 bits per heavy atom. The fourth-order valence-corrected chi connectivity index (χ4v) is 1.60. The molecule has 0 aliphatic rings. The first-order valence-corrected chi connectivity index (χ1v) is 5.39. The largest absolute Gasteiger partial charge is 0.274 e. The Morgan fingerprint density at radius 1 is 1.35 bits per heavy atom. The number of benzene rings is 1. The molecule has 0 saturated heterocycles. The molecule has 0 aliphatic carbocycles. The van der Waals surface area contributed by atoms with Crippen LogP contribution < -0.4 is 5.56 Å². The summed E-state index contributed by atoms with van der Waals surface area (Å²) in [6.45, 7) is 3.47. The summed E-state index contributed by atoms with van der Waals surface area (Å²) in [5, 5.41) is 4.20. The average molecular weight is 253 g/mol. The summed E-state index contributed by atoms with van der Waals surface area (Å²) >= 11 is 5.65. The highest BCUT2D eigenvalue weighted by atomic mass is 35.5. The molecule has 0 N–H and O–H groups in total. The molecule has 1 aromatic carbocycles. The minimum Gasteiger partial charge on any atom is -0.267 e. The Morgan fingerprint density at radius 2 is 2.06 bits per heavy atom. The zero-order valence-corrected chi connectivity index (χ0v) is 10.1. The molecule has 0 amide bonds. The van der Waals surface area contributed by atoms with Crippen LogP contribution in [0.25, 0.3) is 5.69 Å². The zero-order valence-electron chi connectivity index (χ0n) is 9.37. The number of aromatic nitrogens is 2. The van der Waals surface area contributed by atoms with Gasteiger partial charge in [-0.05, 0) is 37.6 Å². The summed E-state index contributed by atoms with van der Waals surface area (Å²) in [5.41, 5.74) is 1.10. The lowest BCUT2D eigenvalue weighted by Gasteiger charge is -2.07. The van der Waals surface area contributed by atoms with Crippen molar-refractivity contribution >= 4 is 11.6 Å². The topological polar surface area (TPSA) is 34.9 Å². The van der Waals surface area contributed by atoms with Gasteiger partial charge in [0, 0.05) is 10.6 Å². The van der Waals surface area contributed by atoms with E-state index in [-0.39, 0.29) is 16.3 Å². The van der Waals surface area contributed by atoms with Crippen molar-refractivity contribution in [2.75, 3.05) is 0 Å². The molecule has 0 saturated carbocycles. The molecule has 1 heterocycles. The maximum Gasteiger partial charge on any atom is 0.274 e. The molecule has 0 unspecified atom stereocenters. The first-order chi connectivity index (χ1) is 8.00. The second-order valence-electron chi connectivity index (χ2n) is 3.77. The van der Waals surface area contributed by atoms with Crippen molar-refractivity contribution in [2.45, 2.75) is 13.8 Å². The number of aryl methyl sites for hydroxylation is 1. The van der Waals surface area contributed by atoms with E-state index >= 15 is 0 Å². The van der Waals surface area contributed by atoms with Gasteiger partial charge in [0.15, 0.2) is 0 Å². The van der Waals surface area contributed by atoms with Gasteiger partial charge in [0.25, 0.3) is 5.56 Å². The van der Waals surface area contributed by atoms with Gasteiger partial charge in [-0.2, -0.15) is 9.78 Å². The van der Waals surface area contributed by atoms with Crippen molar-refractivity contribution in [3.63, 3.8) is 0 Å². The summed E-state index contributed by atoms with van der Waals surface area (Å²) in [4.78, 5) is 11.9. The molecule has 0 fully saturated rings. The van der Waals surface area contributed by atoms with Gasteiger partial charge in [0.05, 0.1) is 6.20 Å². The van der Waals surface area contributed by atoms with Crippen LogP contribution in [0, 0.1) is 19.7 Å². The third-order valence-corrected chi connectivity index (χ3v) is 2.84. The molecule has 3 nitrogen and oxygen atoms in total. The van der Waals surface area contributed by atoms with Crippen LogP contribution in [0.15, 0.2) is 29.2 Å². The number of hydrogen-bond acceptors (Lipinski definition) is 2.